The summed E-state index contributed by atoms with van der Waals surface area (Å²) in [6, 6.07) is 14.6. The second-order valence-corrected chi connectivity index (χ2v) is 6.50. The third kappa shape index (κ3) is 6.44. The zero-order valence-corrected chi connectivity index (χ0v) is 16.2. The number of unbranched alkanes of at least 4 members (excludes halogenated alkanes) is 2. The zero-order chi connectivity index (χ0) is 19.5. The summed E-state index contributed by atoms with van der Waals surface area (Å²) < 4.78 is 0. The molecule has 0 bridgehead atoms. The maximum Gasteiger partial charge on any atom is 0.275 e. The van der Waals surface area contributed by atoms with Gasteiger partial charge in [0.2, 0.25) is 0 Å². The first-order valence-electron chi connectivity index (χ1n) is 9.62. The number of hydrogen-bond donors (Lipinski definition) is 2. The molecule has 0 saturated heterocycles. The fraction of sp³-hybridized carbons (Fsp3) is 0.364. The van der Waals surface area contributed by atoms with E-state index in [2.05, 4.69) is 41.4 Å². The number of para-hydroxylation sites is 1. The third-order valence-electron chi connectivity index (χ3n) is 4.35. The second kappa shape index (κ2) is 11.0. The van der Waals surface area contributed by atoms with Crippen molar-refractivity contribution >= 4 is 17.8 Å². The second-order valence-electron chi connectivity index (χ2n) is 6.50. The van der Waals surface area contributed by atoms with Crippen molar-refractivity contribution in [1.82, 2.24) is 5.43 Å². The number of carbonyl (C=O) groups excluding carboxylic acids is 1. The van der Waals surface area contributed by atoms with Gasteiger partial charge < -0.3 is 10.0 Å². The molecule has 0 saturated carbocycles. The molecule has 2 aromatic rings. The van der Waals surface area contributed by atoms with Crippen LogP contribution in [0.15, 0.2) is 53.6 Å². The topological polar surface area (TPSA) is 64.9 Å². The van der Waals surface area contributed by atoms with Crippen molar-refractivity contribution in [2.75, 3.05) is 18.0 Å². The van der Waals surface area contributed by atoms with E-state index in [0.29, 0.717) is 0 Å². The molecule has 144 valence electrons. The van der Waals surface area contributed by atoms with Gasteiger partial charge in [-0.3, -0.25) is 4.79 Å². The van der Waals surface area contributed by atoms with Crippen LogP contribution in [0.1, 0.15) is 55.5 Å². The van der Waals surface area contributed by atoms with Gasteiger partial charge in [-0.1, -0.05) is 51.0 Å². The number of nitrogens with zero attached hydrogens (tertiary/aromatic N) is 2. The van der Waals surface area contributed by atoms with Crippen LogP contribution in [0.3, 0.4) is 0 Å². The molecule has 0 aliphatic rings. The lowest BCUT2D eigenvalue weighted by Crippen LogP contribution is -2.25. The molecule has 0 unspecified atom stereocenters. The lowest BCUT2D eigenvalue weighted by Gasteiger charge is -2.24. The molecule has 27 heavy (non-hydrogen) atoms. The standard InChI is InChI=1S/C22H29N3O2/c1-3-5-15-25(16-6-4-2)19-13-11-18(12-14-19)17-23-24-22(27)20-9-7-8-10-21(20)26/h7-14,17,26H,3-6,15-16H2,1-2H3,(H,24,27)/b23-17+. The Bertz CT molecular complexity index is 733. The molecule has 0 heterocycles. The van der Waals surface area contributed by atoms with Crippen LogP contribution < -0.4 is 10.3 Å². The molecule has 1 amide bonds. The lowest BCUT2D eigenvalue weighted by molar-refractivity contribution is 0.0952. The molecule has 2 rings (SSSR count). The van der Waals surface area contributed by atoms with Crippen LogP contribution in [0.25, 0.3) is 0 Å². The number of nitrogens with one attached hydrogen (secondary N) is 1. The summed E-state index contributed by atoms with van der Waals surface area (Å²) in [4.78, 5) is 14.4. The zero-order valence-electron chi connectivity index (χ0n) is 16.2. The van der Waals surface area contributed by atoms with Gasteiger partial charge in [-0.05, 0) is 42.7 Å². The minimum Gasteiger partial charge on any atom is -0.507 e. The molecule has 0 aliphatic carbocycles. The van der Waals surface area contributed by atoms with Crippen LogP contribution in [0.4, 0.5) is 5.69 Å². The normalized spacial score (nSPS) is 10.9. The Morgan fingerprint density at radius 1 is 1.04 bits per heavy atom. The van der Waals surface area contributed by atoms with Gasteiger partial charge in [-0.15, -0.1) is 0 Å². The molecule has 0 atom stereocenters. The quantitative estimate of drug-likeness (QED) is 0.478. The van der Waals surface area contributed by atoms with Crippen LogP contribution in [-0.4, -0.2) is 30.3 Å². The predicted octanol–water partition coefficient (Wildman–Crippen LogP) is 4.56. The van der Waals surface area contributed by atoms with E-state index < -0.39 is 5.91 Å². The number of phenolic OH excluding ortho intramolecular Hbond substituents is 1. The summed E-state index contributed by atoms with van der Waals surface area (Å²) in [7, 11) is 0. The predicted molar refractivity (Wildman–Crippen MR) is 112 cm³/mol. The number of carbonyl (C=O) groups is 1. The highest BCUT2D eigenvalue weighted by molar-refractivity contribution is 5.97. The van der Waals surface area contributed by atoms with Crippen molar-refractivity contribution in [2.45, 2.75) is 39.5 Å². The van der Waals surface area contributed by atoms with Gasteiger partial charge in [0.1, 0.15) is 5.75 Å². The van der Waals surface area contributed by atoms with Gasteiger partial charge >= 0.3 is 0 Å². The van der Waals surface area contributed by atoms with Crippen molar-refractivity contribution < 1.29 is 9.90 Å². The number of anilines is 1. The Kier molecular flexibility index (Phi) is 8.36. The first-order chi connectivity index (χ1) is 13.2. The van der Waals surface area contributed by atoms with Crippen molar-refractivity contribution in [3.8, 4) is 5.75 Å². The first-order valence-corrected chi connectivity index (χ1v) is 9.62. The van der Waals surface area contributed by atoms with E-state index in [1.807, 2.05) is 12.1 Å². The summed E-state index contributed by atoms with van der Waals surface area (Å²) in [6.45, 7) is 6.56. The van der Waals surface area contributed by atoms with Gasteiger partial charge in [0.15, 0.2) is 0 Å². The van der Waals surface area contributed by atoms with Gasteiger partial charge in [0.05, 0.1) is 11.8 Å². The number of hydrazone groups is 1. The summed E-state index contributed by atoms with van der Waals surface area (Å²) in [5.74, 6) is -0.500. The molecule has 0 radical (unpaired) electrons. The summed E-state index contributed by atoms with van der Waals surface area (Å²) in [5, 5.41) is 13.7. The highest BCUT2D eigenvalue weighted by Gasteiger charge is 2.08. The minimum atomic E-state index is -0.439. The molecule has 0 spiro atoms. The van der Waals surface area contributed by atoms with E-state index >= 15 is 0 Å². The Balaban J connectivity index is 1.96. The van der Waals surface area contributed by atoms with E-state index in [4.69, 9.17) is 0 Å². The minimum absolute atomic E-state index is 0.0613. The highest BCUT2D eigenvalue weighted by atomic mass is 16.3. The van der Waals surface area contributed by atoms with Crippen molar-refractivity contribution in [2.24, 2.45) is 5.10 Å². The molecular formula is C22H29N3O2. The first kappa shape index (κ1) is 20.5. The van der Waals surface area contributed by atoms with E-state index in [1.165, 1.54) is 37.4 Å². The van der Waals surface area contributed by atoms with Crippen LogP contribution in [0.2, 0.25) is 0 Å². The Hall–Kier alpha value is -2.82. The van der Waals surface area contributed by atoms with Gasteiger partial charge in [0, 0.05) is 18.8 Å². The summed E-state index contributed by atoms with van der Waals surface area (Å²) in [6.07, 6.45) is 6.34. The highest BCUT2D eigenvalue weighted by Crippen LogP contribution is 2.17. The van der Waals surface area contributed by atoms with Crippen LogP contribution in [0, 0.1) is 0 Å². The van der Waals surface area contributed by atoms with E-state index in [9.17, 15) is 9.90 Å². The van der Waals surface area contributed by atoms with E-state index in [0.717, 1.165) is 18.7 Å². The van der Waals surface area contributed by atoms with Gasteiger partial charge in [0.25, 0.3) is 5.91 Å². The third-order valence-corrected chi connectivity index (χ3v) is 4.35. The Labute approximate surface area is 161 Å². The number of benzene rings is 2. The Morgan fingerprint density at radius 2 is 1.67 bits per heavy atom. The van der Waals surface area contributed by atoms with Crippen LogP contribution >= 0.6 is 0 Å². The number of hydrogen-bond acceptors (Lipinski definition) is 4. The largest absolute Gasteiger partial charge is 0.507 e. The molecule has 5 heteroatoms. The van der Waals surface area contributed by atoms with Crippen LogP contribution in [0.5, 0.6) is 5.75 Å². The number of phenols is 1. The maximum absolute atomic E-state index is 12.0. The van der Waals surface area contributed by atoms with Crippen molar-refractivity contribution in [3.05, 3.63) is 59.7 Å². The van der Waals surface area contributed by atoms with Crippen molar-refractivity contribution in [3.63, 3.8) is 0 Å². The molecule has 2 aromatic carbocycles. The fourth-order valence-electron chi connectivity index (χ4n) is 2.73. The van der Waals surface area contributed by atoms with Gasteiger partial charge in [-0.25, -0.2) is 5.43 Å². The molecule has 0 fully saturated rings. The van der Waals surface area contributed by atoms with Crippen LogP contribution in [-0.2, 0) is 0 Å². The number of rotatable bonds is 10. The smallest absolute Gasteiger partial charge is 0.275 e. The van der Waals surface area contributed by atoms with E-state index in [-0.39, 0.29) is 11.3 Å². The van der Waals surface area contributed by atoms with Gasteiger partial charge in [-0.2, -0.15) is 5.10 Å². The average Bonchev–Trinajstić information content (AvgIpc) is 2.69. The lowest BCUT2D eigenvalue weighted by atomic mass is 10.2. The fourth-order valence-corrected chi connectivity index (χ4v) is 2.73. The number of amides is 1. The molecule has 0 aromatic heterocycles. The molecule has 5 nitrogen and oxygen atoms in total. The molecule has 0 aliphatic heterocycles. The molecule has 2 N–H and O–H groups in total. The van der Waals surface area contributed by atoms with E-state index in [1.54, 1.807) is 24.4 Å². The number of aromatic hydroxyl groups is 1. The summed E-state index contributed by atoms with van der Waals surface area (Å²) >= 11 is 0. The molecular weight excluding hydrogens is 338 g/mol. The monoisotopic (exact) mass is 367 g/mol. The van der Waals surface area contributed by atoms with Crippen molar-refractivity contribution in [1.29, 1.82) is 0 Å². The maximum atomic E-state index is 12.0. The Morgan fingerprint density at radius 3 is 2.26 bits per heavy atom. The average molecular weight is 367 g/mol. The summed E-state index contributed by atoms with van der Waals surface area (Å²) in [5.41, 5.74) is 4.76. The SMILES string of the molecule is CCCCN(CCCC)c1ccc(/C=N/NC(=O)c2ccccc2O)cc1.